The zero-order chi connectivity index (χ0) is 86.6. The fourth-order valence-electron chi connectivity index (χ4n) is 19.6. The van der Waals surface area contributed by atoms with Gasteiger partial charge >= 0.3 is 6.09 Å². The number of amides is 1. The van der Waals surface area contributed by atoms with Gasteiger partial charge in [-0.3, -0.25) is 4.90 Å². The second kappa shape index (κ2) is 48.4. The number of ether oxygens (including phenoxy) is 9. The summed E-state index contributed by atoms with van der Waals surface area (Å²) in [5, 5.41) is 0. The van der Waals surface area contributed by atoms with Crippen molar-refractivity contribution in [2.45, 2.75) is 335 Å². The first-order valence-electron chi connectivity index (χ1n) is 45.2. The Morgan fingerprint density at radius 1 is 0.366 bits per heavy atom. The number of nitrogens with zero attached hydrogens (tertiary/aromatic N) is 3. The highest BCUT2D eigenvalue weighted by Gasteiger charge is 2.49. The minimum absolute atomic E-state index is 0.0776. The Morgan fingerprint density at radius 3 is 1.03 bits per heavy atom. The number of carbonyl (C=O) groups is 1. The Labute approximate surface area is 694 Å². The molecule has 8 fully saturated rings. The fraction of sp³-hybridized carbons (Fsp3) is 0.989. The molecule has 8 aliphatic heterocycles. The van der Waals surface area contributed by atoms with Crippen LogP contribution in [-0.2, 0) is 62.5 Å². The molecule has 0 saturated carbocycles. The van der Waals surface area contributed by atoms with Gasteiger partial charge in [-0.2, -0.15) is 4.31 Å². The van der Waals surface area contributed by atoms with Crippen LogP contribution in [0.3, 0.4) is 0 Å². The zero-order valence-electron chi connectivity index (χ0n) is 80.3. The van der Waals surface area contributed by atoms with E-state index in [-0.39, 0.29) is 39.3 Å². The van der Waals surface area contributed by atoms with Crippen LogP contribution in [-0.4, -0.2) is 208 Å². The lowest BCUT2D eigenvalue weighted by atomic mass is 9.64. The third kappa shape index (κ3) is 30.7. The van der Waals surface area contributed by atoms with Gasteiger partial charge in [0.05, 0.1) is 99.6 Å². The smallest absolute Gasteiger partial charge is 0.410 e. The average molecular weight is 1640 g/mol. The van der Waals surface area contributed by atoms with Crippen LogP contribution in [0, 0.1) is 116 Å². The summed E-state index contributed by atoms with van der Waals surface area (Å²) in [6.07, 6.45) is 11.7. The molecule has 670 valence electrons. The molecule has 19 heteroatoms. The highest BCUT2D eigenvalue weighted by atomic mass is 32.2. The molecule has 0 atom stereocenters. The SMILES string of the molecule is CC(C)C1(C(C)C)CCCCO1.CC(C)C1(C(C)C)CCCOC1.CC(C)C1(C(C)C)CCOCC1.CC(C)C1(C(C)C)CCS(=O)(=O)CC1.CC(C)C1(C(C)C)CN(C(=O)OC(C)(C)C)CCO1.CC(C)C1(C(C)C)CN(S(C)(=O)=O)CCO1.CC(C)C1(C(C)C)COCCOC1.CCN1CCOC(C(C)C)(C(C)C)C1. The number of carbonyl (C=O) groups excluding carboxylic acids is 1. The Kier molecular flexibility index (Phi) is 47.0. The molecular weight excluding hydrogens is 1450 g/mol. The van der Waals surface area contributed by atoms with E-state index in [0.29, 0.717) is 133 Å². The van der Waals surface area contributed by atoms with Gasteiger partial charge in [-0.25, -0.2) is 21.6 Å². The number of rotatable bonds is 18. The molecule has 0 spiro atoms. The Morgan fingerprint density at radius 2 is 0.714 bits per heavy atom. The van der Waals surface area contributed by atoms with Crippen molar-refractivity contribution in [2.75, 3.05) is 143 Å². The molecular formula is C93H187N3O14S2. The summed E-state index contributed by atoms with van der Waals surface area (Å²) in [6, 6.07) is 0. The van der Waals surface area contributed by atoms with E-state index >= 15 is 0 Å². The van der Waals surface area contributed by atoms with Crippen LogP contribution >= 0.6 is 0 Å². The standard InChI is InChI=1S/C15H29NO3.C12H25NO.C11H23NO3S.C11H22O2S.C11H22O2.3C11H22O/c1-11(2)15(12(3)4)10-16(8-9-18-15)13(17)19-14(5,6)7;1-6-13-7-8-14-12(9-13,10(2)3)11(4)5;1-9(2)11(10(3)4)8-12(6-7-15-11)16(5,13)14;1-9(2)11(10(3)4)5-7-14(12,13)8-6-11;1-9(2)11(10(3)4)7-12-5-6-13-8-11;1-9(2)11(10(3)4)5-7-12-8-6-11;1-9(2)11(10(3)4)6-5-7-12-8-11;1-9(2)11(10(3)4)7-5-6-8-12-11/h11-12H,8-10H2,1-7H3;10-11H,6-9H2,1-5H3;9-10H,6-8H2,1-5H3;9-10H,5-8H2,1-4H3;9-10H,5-8H2,1-4H3;3*9-10H,5-8H2,1-4H3. The molecule has 0 aromatic heterocycles. The minimum atomic E-state index is -3.11. The summed E-state index contributed by atoms with van der Waals surface area (Å²) in [4.78, 5) is 16.5. The number of sulfone groups is 1. The molecule has 8 saturated heterocycles. The molecule has 8 rings (SSSR count). The quantitative estimate of drug-likeness (QED) is 0.126. The predicted octanol–water partition coefficient (Wildman–Crippen LogP) is 21.3. The van der Waals surface area contributed by atoms with Crippen LogP contribution in [0.15, 0.2) is 0 Å². The van der Waals surface area contributed by atoms with E-state index in [2.05, 4.69) is 233 Å². The van der Waals surface area contributed by atoms with Crippen LogP contribution in [0.5, 0.6) is 0 Å². The predicted molar refractivity (Wildman–Crippen MR) is 472 cm³/mol. The van der Waals surface area contributed by atoms with Crippen molar-refractivity contribution in [1.29, 1.82) is 0 Å². The van der Waals surface area contributed by atoms with Gasteiger partial charge in [0.15, 0.2) is 0 Å². The normalized spacial score (nSPS) is 23.1. The van der Waals surface area contributed by atoms with Gasteiger partial charge in [0.1, 0.15) is 15.4 Å². The van der Waals surface area contributed by atoms with Crippen molar-refractivity contribution in [3.05, 3.63) is 0 Å². The highest BCUT2D eigenvalue weighted by molar-refractivity contribution is 7.91. The topological polar surface area (TPSA) is 178 Å². The van der Waals surface area contributed by atoms with Crippen LogP contribution < -0.4 is 0 Å². The zero-order valence-corrected chi connectivity index (χ0v) is 82.0. The summed E-state index contributed by atoms with van der Waals surface area (Å²) < 4.78 is 99.2. The first-order chi connectivity index (χ1) is 51.5. The van der Waals surface area contributed by atoms with E-state index < -0.39 is 25.5 Å². The molecule has 0 aliphatic carbocycles. The molecule has 112 heavy (non-hydrogen) atoms. The van der Waals surface area contributed by atoms with Crippen LogP contribution in [0.25, 0.3) is 0 Å². The molecule has 0 radical (unpaired) electrons. The van der Waals surface area contributed by atoms with Gasteiger partial charge in [-0.05, 0) is 196 Å². The third-order valence-electron chi connectivity index (χ3n) is 29.1. The largest absolute Gasteiger partial charge is 0.444 e. The lowest BCUT2D eigenvalue weighted by Crippen LogP contribution is -2.59. The number of morpholine rings is 3. The Balaban J connectivity index is 0.000000643. The van der Waals surface area contributed by atoms with Crippen molar-refractivity contribution >= 4 is 26.0 Å². The van der Waals surface area contributed by atoms with Crippen molar-refractivity contribution in [3.8, 4) is 0 Å². The summed E-state index contributed by atoms with van der Waals surface area (Å²) in [5.41, 5.74) is 0.676. The maximum Gasteiger partial charge on any atom is 0.410 e. The summed E-state index contributed by atoms with van der Waals surface area (Å²) in [7, 11) is -5.83. The van der Waals surface area contributed by atoms with Crippen LogP contribution in [0.4, 0.5) is 4.79 Å². The molecule has 0 N–H and O–H groups in total. The van der Waals surface area contributed by atoms with Gasteiger partial charge in [-0.1, -0.05) is 228 Å². The van der Waals surface area contributed by atoms with Crippen molar-refractivity contribution in [3.63, 3.8) is 0 Å². The first kappa shape index (κ1) is 109. The van der Waals surface area contributed by atoms with E-state index in [9.17, 15) is 21.6 Å². The monoisotopic (exact) mass is 1630 g/mol. The second-order valence-corrected chi connectivity index (χ2v) is 45.3. The molecule has 8 aliphatic rings. The lowest BCUT2D eigenvalue weighted by molar-refractivity contribution is -0.159. The van der Waals surface area contributed by atoms with Crippen molar-refractivity contribution in [2.24, 2.45) is 116 Å². The van der Waals surface area contributed by atoms with E-state index in [0.717, 1.165) is 122 Å². The van der Waals surface area contributed by atoms with Gasteiger partial charge in [0, 0.05) is 64.6 Å². The first-order valence-corrected chi connectivity index (χ1v) is 48.9. The van der Waals surface area contributed by atoms with Gasteiger partial charge in [-0.15, -0.1) is 0 Å². The number of hydrogen-bond donors (Lipinski definition) is 0. The van der Waals surface area contributed by atoms with Crippen LogP contribution in [0.1, 0.15) is 307 Å². The second-order valence-electron chi connectivity index (χ2n) is 41.0. The van der Waals surface area contributed by atoms with Crippen molar-refractivity contribution in [1.82, 2.24) is 14.1 Å². The third-order valence-corrected chi connectivity index (χ3v) is 32.0. The van der Waals surface area contributed by atoms with E-state index in [1.54, 1.807) is 4.90 Å². The minimum Gasteiger partial charge on any atom is -0.444 e. The van der Waals surface area contributed by atoms with Gasteiger partial charge in [0.2, 0.25) is 10.0 Å². The van der Waals surface area contributed by atoms with Crippen molar-refractivity contribution < 1.29 is 64.3 Å². The van der Waals surface area contributed by atoms with Crippen LogP contribution in [0.2, 0.25) is 0 Å². The summed E-state index contributed by atoms with van der Waals surface area (Å²) in [5.74, 6) is 10.1. The van der Waals surface area contributed by atoms with E-state index in [4.69, 9.17) is 42.6 Å². The van der Waals surface area contributed by atoms with Gasteiger partial charge < -0.3 is 47.5 Å². The number of hydrogen-bond acceptors (Lipinski definition) is 15. The fourth-order valence-corrected chi connectivity index (χ4v) is 22.1. The molecule has 8 heterocycles. The number of sulfonamides is 1. The maximum atomic E-state index is 12.2. The molecule has 0 aromatic rings. The molecule has 1 amide bonds. The average Bonchev–Trinajstić information content (AvgIpc) is 0.905. The Bertz CT molecular complexity index is 2590. The van der Waals surface area contributed by atoms with Gasteiger partial charge in [0.25, 0.3) is 0 Å². The molecule has 0 unspecified atom stereocenters. The molecule has 0 aromatic carbocycles. The molecule has 0 bridgehead atoms. The van der Waals surface area contributed by atoms with E-state index in [1.807, 2.05) is 20.8 Å². The number of likely N-dealkylation sites (N-methyl/N-ethyl adjacent to an activating group) is 1. The maximum absolute atomic E-state index is 12.2. The molecule has 17 nitrogen and oxygen atoms in total. The Hall–Kier alpha value is -1.23. The highest BCUT2D eigenvalue weighted by Crippen LogP contribution is 2.48. The summed E-state index contributed by atoms with van der Waals surface area (Å²) >= 11 is 0. The summed E-state index contributed by atoms with van der Waals surface area (Å²) in [6.45, 7) is 95.3. The van der Waals surface area contributed by atoms with E-state index in [1.165, 1.54) is 55.5 Å². The lowest BCUT2D eigenvalue weighted by Gasteiger charge is -2.48.